The van der Waals surface area contributed by atoms with E-state index >= 15 is 0 Å². The third-order valence-electron chi connectivity index (χ3n) is 2.79. The average Bonchev–Trinajstić information content (AvgIpc) is 2.26. The molecule has 0 atom stereocenters. The van der Waals surface area contributed by atoms with Crippen LogP contribution in [0.1, 0.15) is 26.3 Å². The molecule has 1 rings (SSSR count). The summed E-state index contributed by atoms with van der Waals surface area (Å²) in [6.45, 7) is 6.13. The molecule has 0 spiro atoms. The van der Waals surface area contributed by atoms with Crippen molar-refractivity contribution in [3.8, 4) is 5.75 Å². The molecule has 0 aliphatic heterocycles. The van der Waals surface area contributed by atoms with Gasteiger partial charge in [-0.1, -0.05) is 26.8 Å². The fourth-order valence-corrected chi connectivity index (χ4v) is 2.62. The quantitative estimate of drug-likeness (QED) is 0.847. The van der Waals surface area contributed by atoms with E-state index in [1.54, 1.807) is 12.1 Å². The van der Waals surface area contributed by atoms with Gasteiger partial charge in [0.1, 0.15) is 10.6 Å². The monoisotopic (exact) mass is 271 g/mol. The average molecular weight is 271 g/mol. The molecule has 0 unspecified atom stereocenters. The van der Waals surface area contributed by atoms with Crippen molar-refractivity contribution in [3.05, 3.63) is 23.8 Å². The number of benzene rings is 1. The van der Waals surface area contributed by atoms with Crippen molar-refractivity contribution in [1.29, 1.82) is 0 Å². The standard InChI is InChI=1S/C13H21NO3S/c1-13(2,3)10-7-8-11(17-6)12(9-10)18(15,16)14(4)5/h7-9H,1-6H3. The van der Waals surface area contributed by atoms with Crippen LogP contribution in [0.4, 0.5) is 0 Å². The van der Waals surface area contributed by atoms with Crippen LogP contribution in [-0.2, 0) is 15.4 Å². The van der Waals surface area contributed by atoms with Gasteiger partial charge in [-0.3, -0.25) is 0 Å². The van der Waals surface area contributed by atoms with E-state index in [2.05, 4.69) is 0 Å². The Morgan fingerprint density at radius 1 is 1.17 bits per heavy atom. The van der Waals surface area contributed by atoms with Gasteiger partial charge in [0, 0.05) is 14.1 Å². The highest BCUT2D eigenvalue weighted by Gasteiger charge is 2.25. The van der Waals surface area contributed by atoms with Crippen LogP contribution < -0.4 is 4.74 Å². The lowest BCUT2D eigenvalue weighted by molar-refractivity contribution is 0.399. The number of sulfonamides is 1. The molecular formula is C13H21NO3S. The van der Waals surface area contributed by atoms with Crippen LogP contribution in [0.5, 0.6) is 5.75 Å². The molecule has 0 aromatic heterocycles. The topological polar surface area (TPSA) is 46.6 Å². The van der Waals surface area contributed by atoms with Gasteiger partial charge >= 0.3 is 0 Å². The molecular weight excluding hydrogens is 250 g/mol. The number of hydrogen-bond donors (Lipinski definition) is 0. The molecule has 18 heavy (non-hydrogen) atoms. The van der Waals surface area contributed by atoms with Gasteiger partial charge in [0.25, 0.3) is 0 Å². The summed E-state index contributed by atoms with van der Waals surface area (Å²) in [5.74, 6) is 0.372. The zero-order valence-electron chi connectivity index (χ0n) is 11.8. The predicted octanol–water partition coefficient (Wildman–Crippen LogP) is 2.24. The number of methoxy groups -OCH3 is 1. The van der Waals surface area contributed by atoms with E-state index in [0.29, 0.717) is 5.75 Å². The summed E-state index contributed by atoms with van der Waals surface area (Å²) >= 11 is 0. The maximum atomic E-state index is 12.2. The Hall–Kier alpha value is -1.07. The van der Waals surface area contributed by atoms with E-state index in [-0.39, 0.29) is 10.3 Å². The maximum Gasteiger partial charge on any atom is 0.246 e. The van der Waals surface area contributed by atoms with Crippen LogP contribution in [0.15, 0.2) is 23.1 Å². The molecule has 0 bridgehead atoms. The molecule has 102 valence electrons. The summed E-state index contributed by atoms with van der Waals surface area (Å²) in [4.78, 5) is 0.211. The van der Waals surface area contributed by atoms with Crippen molar-refractivity contribution in [2.75, 3.05) is 21.2 Å². The first kappa shape index (κ1) is 15.0. The van der Waals surface area contributed by atoms with Crippen molar-refractivity contribution in [2.45, 2.75) is 31.1 Å². The summed E-state index contributed by atoms with van der Waals surface area (Å²) < 4.78 is 30.8. The molecule has 0 aliphatic rings. The molecule has 0 amide bonds. The second-order valence-corrected chi connectivity index (χ2v) is 7.52. The third-order valence-corrected chi connectivity index (χ3v) is 4.62. The summed E-state index contributed by atoms with van der Waals surface area (Å²) in [7, 11) is 1.00. The normalized spacial score (nSPS) is 12.8. The van der Waals surface area contributed by atoms with Gasteiger partial charge < -0.3 is 4.74 Å². The van der Waals surface area contributed by atoms with Crippen molar-refractivity contribution in [3.63, 3.8) is 0 Å². The number of ether oxygens (including phenoxy) is 1. The lowest BCUT2D eigenvalue weighted by Crippen LogP contribution is -2.23. The largest absolute Gasteiger partial charge is 0.495 e. The first-order valence-corrected chi connectivity index (χ1v) is 7.15. The summed E-state index contributed by atoms with van der Waals surface area (Å²) in [6.07, 6.45) is 0. The fraction of sp³-hybridized carbons (Fsp3) is 0.538. The van der Waals surface area contributed by atoms with Crippen molar-refractivity contribution < 1.29 is 13.2 Å². The van der Waals surface area contributed by atoms with Gasteiger partial charge in [-0.05, 0) is 23.1 Å². The molecule has 0 saturated heterocycles. The van der Waals surface area contributed by atoms with Crippen LogP contribution in [-0.4, -0.2) is 33.9 Å². The van der Waals surface area contributed by atoms with Gasteiger partial charge in [-0.25, -0.2) is 12.7 Å². The van der Waals surface area contributed by atoms with Gasteiger partial charge in [0.2, 0.25) is 10.0 Å². The second kappa shape index (κ2) is 4.90. The van der Waals surface area contributed by atoms with Crippen LogP contribution >= 0.6 is 0 Å². The van der Waals surface area contributed by atoms with E-state index in [1.165, 1.54) is 25.5 Å². The van der Waals surface area contributed by atoms with E-state index in [4.69, 9.17) is 4.74 Å². The van der Waals surface area contributed by atoms with E-state index in [1.807, 2.05) is 26.8 Å². The second-order valence-electron chi connectivity index (χ2n) is 5.40. The lowest BCUT2D eigenvalue weighted by Gasteiger charge is -2.22. The zero-order chi connectivity index (χ0) is 14.1. The van der Waals surface area contributed by atoms with Crippen LogP contribution in [0.25, 0.3) is 0 Å². The Balaban J connectivity index is 3.51. The van der Waals surface area contributed by atoms with E-state index < -0.39 is 10.0 Å². The SMILES string of the molecule is COc1ccc(C(C)(C)C)cc1S(=O)(=O)N(C)C. The molecule has 0 N–H and O–H groups in total. The molecule has 0 radical (unpaired) electrons. The minimum Gasteiger partial charge on any atom is -0.495 e. The molecule has 0 fully saturated rings. The molecule has 4 nitrogen and oxygen atoms in total. The Morgan fingerprint density at radius 3 is 2.11 bits per heavy atom. The molecule has 0 heterocycles. The third kappa shape index (κ3) is 2.84. The Morgan fingerprint density at radius 2 is 1.72 bits per heavy atom. The Kier molecular flexibility index (Phi) is 4.08. The summed E-state index contributed by atoms with van der Waals surface area (Å²) in [5, 5.41) is 0. The highest BCUT2D eigenvalue weighted by atomic mass is 32.2. The number of hydrogen-bond acceptors (Lipinski definition) is 3. The predicted molar refractivity (Wildman–Crippen MR) is 72.6 cm³/mol. The minimum absolute atomic E-state index is 0.108. The molecule has 0 saturated carbocycles. The van der Waals surface area contributed by atoms with Crippen molar-refractivity contribution in [1.82, 2.24) is 4.31 Å². The van der Waals surface area contributed by atoms with Crippen LogP contribution in [0.2, 0.25) is 0 Å². The lowest BCUT2D eigenvalue weighted by atomic mass is 9.87. The van der Waals surface area contributed by atoms with Crippen molar-refractivity contribution in [2.24, 2.45) is 0 Å². The summed E-state index contributed by atoms with van der Waals surface area (Å²) in [6, 6.07) is 5.29. The molecule has 5 heteroatoms. The van der Waals surface area contributed by atoms with Crippen LogP contribution in [0.3, 0.4) is 0 Å². The highest BCUT2D eigenvalue weighted by Crippen LogP contribution is 2.31. The van der Waals surface area contributed by atoms with E-state index in [0.717, 1.165) is 5.56 Å². The summed E-state index contributed by atoms with van der Waals surface area (Å²) in [5.41, 5.74) is 0.854. The first-order chi connectivity index (χ1) is 8.10. The van der Waals surface area contributed by atoms with Gasteiger partial charge in [-0.15, -0.1) is 0 Å². The zero-order valence-corrected chi connectivity index (χ0v) is 12.6. The van der Waals surface area contributed by atoms with Gasteiger partial charge in [0.05, 0.1) is 7.11 Å². The van der Waals surface area contributed by atoms with Gasteiger partial charge in [-0.2, -0.15) is 0 Å². The number of rotatable bonds is 3. The minimum atomic E-state index is -3.49. The van der Waals surface area contributed by atoms with E-state index in [9.17, 15) is 8.42 Å². The van der Waals surface area contributed by atoms with Crippen molar-refractivity contribution >= 4 is 10.0 Å². The van der Waals surface area contributed by atoms with Crippen LogP contribution in [0, 0.1) is 0 Å². The smallest absolute Gasteiger partial charge is 0.246 e. The molecule has 0 aliphatic carbocycles. The molecule has 1 aromatic carbocycles. The maximum absolute atomic E-state index is 12.2. The Labute approximate surface area is 110 Å². The molecule has 1 aromatic rings. The van der Waals surface area contributed by atoms with Gasteiger partial charge in [0.15, 0.2) is 0 Å². The number of nitrogens with zero attached hydrogens (tertiary/aromatic N) is 1. The Bertz CT molecular complexity index is 528. The highest BCUT2D eigenvalue weighted by molar-refractivity contribution is 7.89. The first-order valence-electron chi connectivity index (χ1n) is 5.71. The fourth-order valence-electron chi connectivity index (χ4n) is 1.54.